The molecular formula is C11H15N3O2S. The Morgan fingerprint density at radius 3 is 2.65 bits per heavy atom. The maximum atomic E-state index is 10.8. The second-order valence-corrected chi connectivity index (χ2v) is 6.11. The zero-order valence-corrected chi connectivity index (χ0v) is 10.6. The third-order valence-corrected chi connectivity index (χ3v) is 3.81. The van der Waals surface area contributed by atoms with Gasteiger partial charge in [0.15, 0.2) is 5.69 Å². The van der Waals surface area contributed by atoms with Crippen molar-refractivity contribution < 1.29 is 9.90 Å². The number of carboxylic acids is 1. The van der Waals surface area contributed by atoms with Crippen LogP contribution in [0.4, 0.5) is 5.82 Å². The van der Waals surface area contributed by atoms with E-state index in [1.807, 2.05) is 11.8 Å². The number of hydrogen-bond acceptors (Lipinski definition) is 5. The van der Waals surface area contributed by atoms with E-state index in [0.717, 1.165) is 13.1 Å². The van der Waals surface area contributed by atoms with Gasteiger partial charge < -0.3 is 10.0 Å². The molecule has 6 heteroatoms. The van der Waals surface area contributed by atoms with Gasteiger partial charge in [0.25, 0.3) is 0 Å². The SMILES string of the molecule is CC1CN(c2cncc(C(=O)O)n2)CC(C)S1. The van der Waals surface area contributed by atoms with Crippen LogP contribution in [-0.4, -0.2) is 44.6 Å². The first-order valence-corrected chi connectivity index (χ1v) is 6.46. The van der Waals surface area contributed by atoms with E-state index < -0.39 is 5.97 Å². The van der Waals surface area contributed by atoms with E-state index in [1.54, 1.807) is 6.20 Å². The molecule has 2 unspecified atom stereocenters. The number of nitrogens with zero attached hydrogens (tertiary/aromatic N) is 3. The number of anilines is 1. The van der Waals surface area contributed by atoms with Crippen LogP contribution in [0, 0.1) is 0 Å². The minimum atomic E-state index is -1.04. The molecule has 0 spiro atoms. The predicted molar refractivity (Wildman–Crippen MR) is 67.7 cm³/mol. The topological polar surface area (TPSA) is 66.3 Å². The van der Waals surface area contributed by atoms with Gasteiger partial charge in [-0.25, -0.2) is 9.78 Å². The van der Waals surface area contributed by atoms with Crippen molar-refractivity contribution in [1.29, 1.82) is 0 Å². The molecule has 0 radical (unpaired) electrons. The Hall–Kier alpha value is -1.30. The highest BCUT2D eigenvalue weighted by Gasteiger charge is 2.23. The summed E-state index contributed by atoms with van der Waals surface area (Å²) in [6, 6.07) is 0. The standard InChI is InChI=1S/C11H15N3O2S/c1-7-5-14(6-8(2)17-7)10-4-12-3-9(13-10)11(15)16/h3-4,7-8H,5-6H2,1-2H3,(H,15,16). The van der Waals surface area contributed by atoms with Gasteiger partial charge in [-0.3, -0.25) is 4.98 Å². The molecule has 1 saturated heterocycles. The van der Waals surface area contributed by atoms with Crippen LogP contribution in [0.25, 0.3) is 0 Å². The summed E-state index contributed by atoms with van der Waals surface area (Å²) in [5.41, 5.74) is 0.000956. The summed E-state index contributed by atoms with van der Waals surface area (Å²) in [6.07, 6.45) is 2.90. The lowest BCUT2D eigenvalue weighted by Crippen LogP contribution is -2.41. The zero-order chi connectivity index (χ0) is 12.4. The maximum Gasteiger partial charge on any atom is 0.356 e. The van der Waals surface area contributed by atoms with Crippen molar-refractivity contribution in [1.82, 2.24) is 9.97 Å². The normalized spacial score (nSPS) is 24.7. The molecule has 5 nitrogen and oxygen atoms in total. The first-order valence-electron chi connectivity index (χ1n) is 5.52. The van der Waals surface area contributed by atoms with Crippen LogP contribution in [0.5, 0.6) is 0 Å². The average molecular weight is 253 g/mol. The number of aromatic carboxylic acids is 1. The van der Waals surface area contributed by atoms with E-state index in [1.165, 1.54) is 6.20 Å². The van der Waals surface area contributed by atoms with E-state index in [-0.39, 0.29) is 5.69 Å². The van der Waals surface area contributed by atoms with Crippen LogP contribution in [0.3, 0.4) is 0 Å². The summed E-state index contributed by atoms with van der Waals surface area (Å²) in [4.78, 5) is 21.0. The van der Waals surface area contributed by atoms with Crippen molar-refractivity contribution in [3.8, 4) is 0 Å². The summed E-state index contributed by atoms with van der Waals surface area (Å²) in [7, 11) is 0. The van der Waals surface area contributed by atoms with Crippen LogP contribution in [0.2, 0.25) is 0 Å². The number of carbonyl (C=O) groups is 1. The van der Waals surface area contributed by atoms with E-state index in [4.69, 9.17) is 5.11 Å². The van der Waals surface area contributed by atoms with E-state index in [9.17, 15) is 4.79 Å². The third kappa shape index (κ3) is 2.88. The zero-order valence-electron chi connectivity index (χ0n) is 9.83. The van der Waals surface area contributed by atoms with Crippen molar-refractivity contribution in [2.75, 3.05) is 18.0 Å². The summed E-state index contributed by atoms with van der Waals surface area (Å²) >= 11 is 1.94. The Bertz CT molecular complexity index is 417. The fraction of sp³-hybridized carbons (Fsp3) is 0.545. The average Bonchev–Trinajstić information content (AvgIpc) is 2.28. The van der Waals surface area contributed by atoms with Crippen molar-refractivity contribution in [3.63, 3.8) is 0 Å². The number of hydrogen-bond donors (Lipinski definition) is 1. The highest BCUT2D eigenvalue weighted by molar-refractivity contribution is 8.00. The lowest BCUT2D eigenvalue weighted by atomic mass is 10.3. The monoisotopic (exact) mass is 253 g/mol. The third-order valence-electron chi connectivity index (χ3n) is 2.58. The number of rotatable bonds is 2. The molecule has 2 heterocycles. The predicted octanol–water partition coefficient (Wildman–Crippen LogP) is 1.50. The summed E-state index contributed by atoms with van der Waals surface area (Å²) in [5, 5.41) is 9.93. The Balaban J connectivity index is 2.21. The number of carboxylic acid groups (broad SMARTS) is 1. The lowest BCUT2D eigenvalue weighted by Gasteiger charge is -2.35. The van der Waals surface area contributed by atoms with Crippen molar-refractivity contribution in [3.05, 3.63) is 18.1 Å². The molecule has 0 amide bonds. The van der Waals surface area contributed by atoms with Gasteiger partial charge in [0.2, 0.25) is 0 Å². The quantitative estimate of drug-likeness (QED) is 0.861. The molecule has 1 aliphatic heterocycles. The van der Waals surface area contributed by atoms with Gasteiger partial charge in [-0.2, -0.15) is 11.8 Å². The van der Waals surface area contributed by atoms with E-state index in [0.29, 0.717) is 16.3 Å². The second kappa shape index (κ2) is 4.91. The van der Waals surface area contributed by atoms with Crippen LogP contribution in [-0.2, 0) is 0 Å². The lowest BCUT2D eigenvalue weighted by molar-refractivity contribution is 0.0690. The van der Waals surface area contributed by atoms with E-state index >= 15 is 0 Å². The summed E-state index contributed by atoms with van der Waals surface area (Å²) in [6.45, 7) is 6.10. The van der Waals surface area contributed by atoms with Crippen molar-refractivity contribution in [2.24, 2.45) is 0 Å². The largest absolute Gasteiger partial charge is 0.476 e. The molecule has 0 bridgehead atoms. The Kier molecular flexibility index (Phi) is 3.51. The van der Waals surface area contributed by atoms with Gasteiger partial charge >= 0.3 is 5.97 Å². The Labute approximate surface area is 104 Å². The number of aromatic nitrogens is 2. The minimum Gasteiger partial charge on any atom is -0.476 e. The first-order chi connectivity index (χ1) is 8.06. The maximum absolute atomic E-state index is 10.8. The Morgan fingerprint density at radius 1 is 1.41 bits per heavy atom. The minimum absolute atomic E-state index is 0.000956. The second-order valence-electron chi connectivity index (χ2n) is 4.23. The smallest absolute Gasteiger partial charge is 0.356 e. The summed E-state index contributed by atoms with van der Waals surface area (Å²) in [5.74, 6) is -0.379. The fourth-order valence-corrected chi connectivity index (χ4v) is 3.30. The molecule has 2 atom stereocenters. The van der Waals surface area contributed by atoms with Gasteiger partial charge in [-0.15, -0.1) is 0 Å². The van der Waals surface area contributed by atoms with Crippen LogP contribution >= 0.6 is 11.8 Å². The molecule has 0 aromatic carbocycles. The van der Waals surface area contributed by atoms with Gasteiger partial charge in [-0.1, -0.05) is 13.8 Å². The van der Waals surface area contributed by atoms with Gasteiger partial charge in [0, 0.05) is 23.6 Å². The van der Waals surface area contributed by atoms with Gasteiger partial charge in [0.05, 0.1) is 12.4 Å². The number of thioether (sulfide) groups is 1. The molecular weight excluding hydrogens is 238 g/mol. The molecule has 2 rings (SSSR count). The fourth-order valence-electron chi connectivity index (χ4n) is 1.98. The molecule has 92 valence electrons. The van der Waals surface area contributed by atoms with Crippen LogP contribution in [0.15, 0.2) is 12.4 Å². The molecule has 1 aromatic rings. The van der Waals surface area contributed by atoms with E-state index in [2.05, 4.69) is 28.7 Å². The first kappa shape index (κ1) is 12.2. The van der Waals surface area contributed by atoms with Crippen LogP contribution < -0.4 is 4.90 Å². The van der Waals surface area contributed by atoms with Crippen molar-refractivity contribution in [2.45, 2.75) is 24.3 Å². The molecule has 0 saturated carbocycles. The molecule has 17 heavy (non-hydrogen) atoms. The Morgan fingerprint density at radius 2 is 2.06 bits per heavy atom. The molecule has 0 aliphatic carbocycles. The molecule has 1 N–H and O–H groups in total. The van der Waals surface area contributed by atoms with Crippen molar-refractivity contribution >= 4 is 23.5 Å². The van der Waals surface area contributed by atoms with Gasteiger partial charge in [-0.05, 0) is 0 Å². The summed E-state index contributed by atoms with van der Waals surface area (Å²) < 4.78 is 0. The highest BCUT2D eigenvalue weighted by atomic mass is 32.2. The van der Waals surface area contributed by atoms with Crippen LogP contribution in [0.1, 0.15) is 24.3 Å². The molecule has 1 fully saturated rings. The molecule has 1 aliphatic rings. The molecule has 1 aromatic heterocycles. The highest BCUT2D eigenvalue weighted by Crippen LogP contribution is 2.27. The van der Waals surface area contributed by atoms with Gasteiger partial charge in [0.1, 0.15) is 5.82 Å².